The maximum absolute atomic E-state index is 12.6. The molecule has 1 N–H and O–H groups in total. The molecule has 3 nitrogen and oxygen atoms in total. The first kappa shape index (κ1) is 12.5. The highest BCUT2D eigenvalue weighted by Crippen LogP contribution is 2.37. The summed E-state index contributed by atoms with van der Waals surface area (Å²) in [6, 6.07) is 7.88. The highest BCUT2D eigenvalue weighted by atomic mass is 16.2. The van der Waals surface area contributed by atoms with Gasteiger partial charge in [-0.25, -0.2) is 0 Å². The van der Waals surface area contributed by atoms with Crippen LogP contribution in [-0.2, 0) is 0 Å². The van der Waals surface area contributed by atoms with Crippen LogP contribution in [0.1, 0.15) is 55.3 Å². The number of fused-ring (bicyclic) bond motifs is 1. The Morgan fingerprint density at radius 2 is 1.68 bits per heavy atom. The molecular formula is C16H22N2O. The first-order valence-electron chi connectivity index (χ1n) is 7.38. The number of hydrogen-bond donors (Lipinski definition) is 1. The van der Waals surface area contributed by atoms with Gasteiger partial charge in [-0.2, -0.15) is 0 Å². The molecule has 1 aliphatic heterocycles. The van der Waals surface area contributed by atoms with E-state index < -0.39 is 0 Å². The lowest BCUT2D eigenvalue weighted by atomic mass is 9.87. The molecular weight excluding hydrogens is 236 g/mol. The van der Waals surface area contributed by atoms with Crippen LogP contribution in [0.3, 0.4) is 0 Å². The monoisotopic (exact) mass is 258 g/mol. The summed E-state index contributed by atoms with van der Waals surface area (Å²) in [5.41, 5.74) is 1.65. The molecule has 0 bridgehead atoms. The maximum Gasteiger partial charge on any atom is 0.257 e. The molecule has 1 aromatic carbocycles. The highest BCUT2D eigenvalue weighted by Gasteiger charge is 2.41. The zero-order chi connectivity index (χ0) is 13.3. The number of nitrogens with zero attached hydrogens (tertiary/aromatic N) is 1. The molecule has 2 aliphatic rings. The average molecular weight is 258 g/mol. The van der Waals surface area contributed by atoms with Crippen molar-refractivity contribution in [2.75, 3.05) is 12.4 Å². The third-order valence-corrected chi connectivity index (χ3v) is 4.65. The molecule has 0 atom stereocenters. The Morgan fingerprint density at radius 3 is 2.42 bits per heavy atom. The van der Waals surface area contributed by atoms with E-state index in [1.807, 2.05) is 36.2 Å². The first-order valence-corrected chi connectivity index (χ1v) is 7.38. The number of carbonyl (C=O) groups is 1. The maximum atomic E-state index is 12.6. The van der Waals surface area contributed by atoms with E-state index >= 15 is 0 Å². The topological polar surface area (TPSA) is 32.3 Å². The van der Waals surface area contributed by atoms with Crippen molar-refractivity contribution in [1.29, 1.82) is 0 Å². The van der Waals surface area contributed by atoms with Crippen LogP contribution in [-0.4, -0.2) is 23.5 Å². The largest absolute Gasteiger partial charge is 0.362 e. The summed E-state index contributed by atoms with van der Waals surface area (Å²) in [5, 5.41) is 3.67. The standard InChI is InChI=1S/C16H22N2O/c1-18-15(19)13-9-5-6-10-14(13)17-16(18)11-7-3-2-4-8-12-16/h5-6,9-10,17H,2-4,7-8,11-12H2,1H3. The van der Waals surface area contributed by atoms with E-state index in [0.29, 0.717) is 0 Å². The van der Waals surface area contributed by atoms with Crippen molar-refractivity contribution in [3.8, 4) is 0 Å². The number of hydrogen-bond acceptors (Lipinski definition) is 2. The van der Waals surface area contributed by atoms with Gasteiger partial charge >= 0.3 is 0 Å². The zero-order valence-corrected chi connectivity index (χ0v) is 11.6. The van der Waals surface area contributed by atoms with Crippen molar-refractivity contribution in [2.24, 2.45) is 0 Å². The smallest absolute Gasteiger partial charge is 0.257 e. The van der Waals surface area contributed by atoms with Gasteiger partial charge in [0, 0.05) is 12.7 Å². The lowest BCUT2D eigenvalue weighted by molar-refractivity contribution is 0.0527. The van der Waals surface area contributed by atoms with Gasteiger partial charge in [-0.15, -0.1) is 0 Å². The summed E-state index contributed by atoms with van der Waals surface area (Å²) in [6.45, 7) is 0. The Balaban J connectivity index is 1.96. The Kier molecular flexibility index (Phi) is 3.21. The van der Waals surface area contributed by atoms with E-state index in [1.165, 1.54) is 32.1 Å². The number of nitrogens with one attached hydrogen (secondary N) is 1. The fourth-order valence-electron chi connectivity index (χ4n) is 3.44. The van der Waals surface area contributed by atoms with Gasteiger partial charge in [0.2, 0.25) is 0 Å². The van der Waals surface area contributed by atoms with Crippen LogP contribution in [0.25, 0.3) is 0 Å². The van der Waals surface area contributed by atoms with Gasteiger partial charge < -0.3 is 10.2 Å². The molecule has 1 aliphatic carbocycles. The summed E-state index contributed by atoms with van der Waals surface area (Å²) < 4.78 is 0. The molecule has 1 amide bonds. The van der Waals surface area contributed by atoms with Gasteiger partial charge in [0.15, 0.2) is 0 Å². The Labute approximate surface area is 115 Å². The number of rotatable bonds is 0. The van der Waals surface area contributed by atoms with Crippen LogP contribution in [0.15, 0.2) is 24.3 Å². The summed E-state index contributed by atoms with van der Waals surface area (Å²) in [4.78, 5) is 14.5. The summed E-state index contributed by atoms with van der Waals surface area (Å²) >= 11 is 0. The van der Waals surface area contributed by atoms with Gasteiger partial charge in [0.1, 0.15) is 5.66 Å². The van der Waals surface area contributed by atoms with Crippen LogP contribution < -0.4 is 5.32 Å². The normalized spacial score (nSPS) is 22.4. The van der Waals surface area contributed by atoms with Gasteiger partial charge in [-0.3, -0.25) is 4.79 Å². The molecule has 1 fully saturated rings. The summed E-state index contributed by atoms with van der Waals surface area (Å²) in [7, 11) is 1.95. The Bertz CT molecular complexity index is 475. The second-order valence-electron chi connectivity index (χ2n) is 5.83. The first-order chi connectivity index (χ1) is 9.23. The van der Waals surface area contributed by atoms with Crippen molar-refractivity contribution in [2.45, 2.75) is 50.6 Å². The summed E-state index contributed by atoms with van der Waals surface area (Å²) in [6.07, 6.45) is 8.43. The molecule has 0 aromatic heterocycles. The minimum Gasteiger partial charge on any atom is -0.362 e. The van der Waals surface area contributed by atoms with E-state index in [0.717, 1.165) is 24.1 Å². The molecule has 3 rings (SSSR count). The minimum absolute atomic E-state index is 0.161. The quantitative estimate of drug-likeness (QED) is 0.770. The number of para-hydroxylation sites is 1. The van der Waals surface area contributed by atoms with Crippen LogP contribution in [0, 0.1) is 0 Å². The fraction of sp³-hybridized carbons (Fsp3) is 0.562. The molecule has 3 heteroatoms. The molecule has 19 heavy (non-hydrogen) atoms. The predicted molar refractivity (Wildman–Crippen MR) is 77.2 cm³/mol. The van der Waals surface area contributed by atoms with E-state index in [4.69, 9.17) is 0 Å². The van der Waals surface area contributed by atoms with E-state index in [9.17, 15) is 4.79 Å². The van der Waals surface area contributed by atoms with Gasteiger partial charge in [-0.1, -0.05) is 31.4 Å². The third kappa shape index (κ3) is 2.11. The van der Waals surface area contributed by atoms with Crippen LogP contribution in [0.4, 0.5) is 5.69 Å². The van der Waals surface area contributed by atoms with Crippen molar-refractivity contribution in [3.05, 3.63) is 29.8 Å². The molecule has 0 unspecified atom stereocenters. The van der Waals surface area contributed by atoms with Gasteiger partial charge in [0.05, 0.1) is 5.56 Å². The fourth-order valence-corrected chi connectivity index (χ4v) is 3.44. The molecule has 1 spiro atoms. The van der Waals surface area contributed by atoms with Crippen LogP contribution in [0.2, 0.25) is 0 Å². The third-order valence-electron chi connectivity index (χ3n) is 4.65. The highest BCUT2D eigenvalue weighted by molar-refractivity contribution is 6.02. The molecule has 102 valence electrons. The average Bonchev–Trinajstić information content (AvgIpc) is 2.40. The molecule has 0 radical (unpaired) electrons. The minimum atomic E-state index is -0.161. The lowest BCUT2D eigenvalue weighted by Crippen LogP contribution is -2.58. The Morgan fingerprint density at radius 1 is 1.05 bits per heavy atom. The van der Waals surface area contributed by atoms with Crippen molar-refractivity contribution >= 4 is 11.6 Å². The second-order valence-corrected chi connectivity index (χ2v) is 5.83. The number of benzene rings is 1. The van der Waals surface area contributed by atoms with Crippen molar-refractivity contribution in [1.82, 2.24) is 4.90 Å². The van der Waals surface area contributed by atoms with Gasteiger partial charge in [0.25, 0.3) is 5.91 Å². The molecule has 1 aromatic rings. The zero-order valence-electron chi connectivity index (χ0n) is 11.6. The van der Waals surface area contributed by atoms with E-state index in [1.54, 1.807) is 0 Å². The van der Waals surface area contributed by atoms with Crippen molar-refractivity contribution in [3.63, 3.8) is 0 Å². The van der Waals surface area contributed by atoms with Gasteiger partial charge in [-0.05, 0) is 37.8 Å². The second kappa shape index (κ2) is 4.87. The lowest BCUT2D eigenvalue weighted by Gasteiger charge is -2.48. The summed E-state index contributed by atoms with van der Waals surface area (Å²) in [5.74, 6) is 0.162. The number of amides is 1. The predicted octanol–water partition coefficient (Wildman–Crippen LogP) is 3.62. The Hall–Kier alpha value is -1.51. The van der Waals surface area contributed by atoms with Crippen molar-refractivity contribution < 1.29 is 4.79 Å². The van der Waals surface area contributed by atoms with Crippen LogP contribution >= 0.6 is 0 Å². The van der Waals surface area contributed by atoms with E-state index in [2.05, 4.69) is 5.32 Å². The SMILES string of the molecule is CN1C(=O)c2ccccc2NC12CCCCCCC2. The number of anilines is 1. The molecule has 0 saturated heterocycles. The van der Waals surface area contributed by atoms with E-state index in [-0.39, 0.29) is 11.6 Å². The van der Waals surface area contributed by atoms with Crippen LogP contribution in [0.5, 0.6) is 0 Å². The molecule has 1 heterocycles. The molecule has 1 saturated carbocycles. The number of carbonyl (C=O) groups excluding carboxylic acids is 1.